The van der Waals surface area contributed by atoms with E-state index in [4.69, 9.17) is 14.7 Å². The van der Waals surface area contributed by atoms with E-state index in [1.807, 2.05) is 49.1 Å². The third-order valence-corrected chi connectivity index (χ3v) is 8.29. The minimum Gasteiger partial charge on any atom is -0.487 e. The summed E-state index contributed by atoms with van der Waals surface area (Å²) in [4.78, 5) is 39.3. The number of aryl methyl sites for hydroxylation is 1. The summed E-state index contributed by atoms with van der Waals surface area (Å²) in [6, 6.07) is 10.0. The van der Waals surface area contributed by atoms with Gasteiger partial charge in [-0.25, -0.2) is 9.97 Å². The summed E-state index contributed by atoms with van der Waals surface area (Å²) in [6.07, 6.45) is 4.88. The second kappa shape index (κ2) is 12.7. The van der Waals surface area contributed by atoms with Gasteiger partial charge >= 0.3 is 0 Å². The average Bonchev–Trinajstić information content (AvgIpc) is 3.63. The SMILES string of the molecule is CCOc1c(Nc2cc(C)[nH]n2)nc(Sc2ccc(CC(=O)C3CCCC3)cc2)nc1N1CCN(C(C)=O)CC1. The molecule has 2 aliphatic rings. The summed E-state index contributed by atoms with van der Waals surface area (Å²) in [6.45, 7) is 8.45. The van der Waals surface area contributed by atoms with Gasteiger partial charge in [0.15, 0.2) is 22.6 Å². The number of Topliss-reactive ketones (excluding diaryl/α,β-unsaturated/α-hetero) is 1. The molecule has 1 saturated carbocycles. The Kier molecular flexibility index (Phi) is 8.88. The van der Waals surface area contributed by atoms with Gasteiger partial charge in [0.2, 0.25) is 11.7 Å². The number of hydrogen-bond acceptors (Lipinski definition) is 9. The van der Waals surface area contributed by atoms with Crippen molar-refractivity contribution in [2.75, 3.05) is 43.0 Å². The van der Waals surface area contributed by atoms with Crippen molar-refractivity contribution in [1.29, 1.82) is 0 Å². The molecule has 0 atom stereocenters. The van der Waals surface area contributed by atoms with Gasteiger partial charge in [-0.2, -0.15) is 5.10 Å². The monoisotopic (exact) mass is 563 g/mol. The Morgan fingerprint density at radius 1 is 1.10 bits per heavy atom. The highest BCUT2D eigenvalue weighted by molar-refractivity contribution is 7.99. The Hall–Kier alpha value is -3.60. The van der Waals surface area contributed by atoms with Gasteiger partial charge in [-0.05, 0) is 56.1 Å². The van der Waals surface area contributed by atoms with Crippen molar-refractivity contribution in [3.63, 3.8) is 0 Å². The molecule has 0 unspecified atom stereocenters. The highest BCUT2D eigenvalue weighted by Gasteiger charge is 2.27. The van der Waals surface area contributed by atoms with Crippen molar-refractivity contribution >= 4 is 40.9 Å². The molecule has 2 N–H and O–H groups in total. The van der Waals surface area contributed by atoms with E-state index >= 15 is 0 Å². The Bertz CT molecular complexity index is 1330. The highest BCUT2D eigenvalue weighted by Crippen LogP contribution is 2.39. The number of ketones is 1. The molecule has 0 radical (unpaired) electrons. The molecule has 3 aromatic rings. The first-order valence-corrected chi connectivity index (χ1v) is 14.8. The van der Waals surface area contributed by atoms with Gasteiger partial charge in [0.1, 0.15) is 5.78 Å². The first kappa shape index (κ1) is 27.9. The van der Waals surface area contributed by atoms with Gasteiger partial charge in [0.05, 0.1) is 6.61 Å². The lowest BCUT2D eigenvalue weighted by atomic mass is 9.97. The molecule has 0 bridgehead atoms. The minimum absolute atomic E-state index is 0.0771. The molecule has 0 spiro atoms. The van der Waals surface area contributed by atoms with Crippen molar-refractivity contribution < 1.29 is 14.3 Å². The van der Waals surface area contributed by atoms with E-state index in [0.717, 1.165) is 29.0 Å². The lowest BCUT2D eigenvalue weighted by Gasteiger charge is -2.35. The van der Waals surface area contributed by atoms with Crippen LogP contribution in [-0.4, -0.2) is 69.5 Å². The fourth-order valence-corrected chi connectivity index (χ4v) is 6.00. The van der Waals surface area contributed by atoms with Gasteiger partial charge < -0.3 is 19.9 Å². The van der Waals surface area contributed by atoms with Crippen LogP contribution >= 0.6 is 11.8 Å². The summed E-state index contributed by atoms with van der Waals surface area (Å²) in [7, 11) is 0. The summed E-state index contributed by atoms with van der Waals surface area (Å²) in [5.41, 5.74) is 1.96. The first-order valence-electron chi connectivity index (χ1n) is 14.0. The average molecular weight is 564 g/mol. The van der Waals surface area contributed by atoms with E-state index in [-0.39, 0.29) is 11.8 Å². The number of anilines is 3. The number of carbonyl (C=O) groups is 2. The Balaban J connectivity index is 1.40. The van der Waals surface area contributed by atoms with E-state index in [0.29, 0.717) is 73.3 Å². The van der Waals surface area contributed by atoms with Gasteiger partial charge in [0, 0.05) is 62.1 Å². The van der Waals surface area contributed by atoms with Crippen LogP contribution in [0.1, 0.15) is 50.8 Å². The molecule has 3 heterocycles. The number of benzene rings is 1. The predicted octanol–water partition coefficient (Wildman–Crippen LogP) is 4.77. The van der Waals surface area contributed by atoms with E-state index in [1.54, 1.807) is 6.92 Å². The maximum Gasteiger partial charge on any atom is 0.219 e. The van der Waals surface area contributed by atoms with Gasteiger partial charge in [-0.15, -0.1) is 0 Å². The number of nitrogens with zero attached hydrogens (tertiary/aromatic N) is 5. The van der Waals surface area contributed by atoms with E-state index in [9.17, 15) is 9.59 Å². The molecule has 1 saturated heterocycles. The van der Waals surface area contributed by atoms with Crippen molar-refractivity contribution in [3.05, 3.63) is 41.6 Å². The standard InChI is InChI=1S/C29H37N7O3S/c1-4-39-26-27(30-25-17-19(2)33-34-25)31-29(32-28(26)36-15-13-35(14-16-36)20(3)37)40-23-11-9-21(10-12-23)18-24(38)22-7-5-6-8-22/h9-12,17,22H,4-8,13-16,18H2,1-3H3,(H2,30,31,32,33,34). The van der Waals surface area contributed by atoms with Gasteiger partial charge in [-0.3, -0.25) is 14.7 Å². The van der Waals surface area contributed by atoms with Crippen LogP contribution in [0.5, 0.6) is 5.75 Å². The summed E-state index contributed by atoms with van der Waals surface area (Å²) < 4.78 is 6.09. The van der Waals surface area contributed by atoms with Crippen LogP contribution < -0.4 is 15.0 Å². The summed E-state index contributed by atoms with van der Waals surface area (Å²) >= 11 is 1.46. The normalized spacial score (nSPS) is 15.9. The molecule has 1 aromatic carbocycles. The van der Waals surface area contributed by atoms with Crippen molar-refractivity contribution in [3.8, 4) is 5.75 Å². The second-order valence-electron chi connectivity index (χ2n) is 10.4. The highest BCUT2D eigenvalue weighted by atomic mass is 32.2. The van der Waals surface area contributed by atoms with Crippen molar-refractivity contribution in [2.45, 2.75) is 62.9 Å². The number of amides is 1. The molecule has 1 aliphatic heterocycles. The molecule has 10 nitrogen and oxygen atoms in total. The molecule has 5 rings (SSSR count). The predicted molar refractivity (Wildman–Crippen MR) is 156 cm³/mol. The molecular formula is C29H37N7O3S. The Morgan fingerprint density at radius 2 is 1.82 bits per heavy atom. The summed E-state index contributed by atoms with van der Waals surface area (Å²) in [5.74, 6) is 3.08. The topological polar surface area (TPSA) is 116 Å². The number of hydrogen-bond donors (Lipinski definition) is 2. The lowest BCUT2D eigenvalue weighted by molar-refractivity contribution is -0.129. The van der Waals surface area contributed by atoms with Crippen LogP contribution in [0.2, 0.25) is 0 Å². The van der Waals surface area contributed by atoms with E-state index in [2.05, 4.69) is 20.4 Å². The van der Waals surface area contributed by atoms with Gasteiger partial charge in [-0.1, -0.05) is 25.0 Å². The number of piperazine rings is 1. The van der Waals surface area contributed by atoms with Gasteiger partial charge in [0.25, 0.3) is 0 Å². The number of ether oxygens (including phenoxy) is 1. The second-order valence-corrected chi connectivity index (χ2v) is 11.4. The smallest absolute Gasteiger partial charge is 0.219 e. The fraction of sp³-hybridized carbons (Fsp3) is 0.483. The van der Waals surface area contributed by atoms with Crippen molar-refractivity contribution in [2.24, 2.45) is 5.92 Å². The maximum atomic E-state index is 12.6. The summed E-state index contributed by atoms with van der Waals surface area (Å²) in [5, 5.41) is 11.1. The van der Waals surface area contributed by atoms with Crippen LogP contribution in [-0.2, 0) is 16.0 Å². The molecule has 11 heteroatoms. The van der Waals surface area contributed by atoms with Crippen LogP contribution in [0.15, 0.2) is 40.4 Å². The Labute approximate surface area is 239 Å². The number of H-pyrrole nitrogens is 1. The molecular weight excluding hydrogens is 526 g/mol. The first-order chi connectivity index (χ1) is 19.4. The minimum atomic E-state index is 0.0771. The molecule has 1 amide bonds. The third kappa shape index (κ3) is 6.75. The third-order valence-electron chi connectivity index (χ3n) is 7.41. The van der Waals surface area contributed by atoms with Crippen LogP contribution in [0.4, 0.5) is 17.5 Å². The number of aromatic nitrogens is 4. The number of rotatable bonds is 10. The van der Waals surface area contributed by atoms with Crippen molar-refractivity contribution in [1.82, 2.24) is 25.1 Å². The largest absolute Gasteiger partial charge is 0.487 e. The molecule has 2 fully saturated rings. The number of carbonyl (C=O) groups excluding carboxylic acids is 2. The molecule has 40 heavy (non-hydrogen) atoms. The maximum absolute atomic E-state index is 12.6. The number of nitrogens with one attached hydrogen (secondary N) is 2. The lowest BCUT2D eigenvalue weighted by Crippen LogP contribution is -2.48. The molecule has 2 aromatic heterocycles. The van der Waals surface area contributed by atoms with E-state index < -0.39 is 0 Å². The number of aromatic amines is 1. The zero-order chi connectivity index (χ0) is 28.1. The van der Waals surface area contributed by atoms with Crippen LogP contribution in [0.25, 0.3) is 0 Å². The molecule has 1 aliphatic carbocycles. The zero-order valence-corrected chi connectivity index (χ0v) is 24.2. The Morgan fingerprint density at radius 3 is 2.45 bits per heavy atom. The van der Waals surface area contributed by atoms with Crippen LogP contribution in [0.3, 0.4) is 0 Å². The van der Waals surface area contributed by atoms with E-state index in [1.165, 1.54) is 24.6 Å². The quantitative estimate of drug-likeness (QED) is 0.336. The van der Waals surface area contributed by atoms with Crippen LogP contribution in [0, 0.1) is 12.8 Å². The zero-order valence-electron chi connectivity index (χ0n) is 23.4. The fourth-order valence-electron chi connectivity index (χ4n) is 5.25. The molecule has 212 valence electrons.